The normalized spacial score (nSPS) is 12.1. The number of hydrogen-bond donors (Lipinski definition) is 1. The van der Waals surface area contributed by atoms with Gasteiger partial charge in [0.25, 0.3) is 5.69 Å². The highest BCUT2D eigenvalue weighted by atomic mass is 19.1. The maximum atomic E-state index is 13.5. The zero-order chi connectivity index (χ0) is 19.2. The Hall–Kier alpha value is -3.17. The maximum Gasteiger partial charge on any atom is 0.269 e. The fourth-order valence-corrected chi connectivity index (χ4v) is 2.44. The number of rotatable bonds is 8. The molecule has 140 valence electrons. The second-order valence-electron chi connectivity index (χ2n) is 5.85. The van der Waals surface area contributed by atoms with Crippen molar-refractivity contribution in [3.05, 3.63) is 76.4 Å². The molecule has 0 aliphatic rings. The Kier molecular flexibility index (Phi) is 5.84. The average molecular weight is 372 g/mol. The number of nitro benzene ring substituents is 1. The lowest BCUT2D eigenvalue weighted by molar-refractivity contribution is -0.384. The molecular weight excluding hydrogens is 355 g/mol. The Morgan fingerprint density at radius 2 is 1.96 bits per heavy atom. The Morgan fingerprint density at radius 1 is 1.22 bits per heavy atom. The summed E-state index contributed by atoms with van der Waals surface area (Å²) in [5, 5.41) is 25.0. The number of nitro groups is 1. The van der Waals surface area contributed by atoms with Crippen LogP contribution in [0, 0.1) is 15.9 Å². The minimum atomic E-state index is -0.844. The zero-order valence-electron chi connectivity index (χ0n) is 14.2. The van der Waals surface area contributed by atoms with Crippen LogP contribution in [0.3, 0.4) is 0 Å². The topological polar surface area (TPSA) is 103 Å². The lowest BCUT2D eigenvalue weighted by atomic mass is 10.2. The van der Waals surface area contributed by atoms with Crippen LogP contribution in [0.1, 0.15) is 5.56 Å². The van der Waals surface area contributed by atoms with Crippen LogP contribution in [0.2, 0.25) is 0 Å². The van der Waals surface area contributed by atoms with Crippen molar-refractivity contribution in [2.24, 2.45) is 0 Å². The van der Waals surface area contributed by atoms with Gasteiger partial charge >= 0.3 is 0 Å². The number of hydrogen-bond acceptors (Lipinski definition) is 6. The van der Waals surface area contributed by atoms with E-state index in [9.17, 15) is 19.6 Å². The molecule has 1 unspecified atom stereocenters. The fraction of sp³-hybridized carbons (Fsp3) is 0.222. The summed E-state index contributed by atoms with van der Waals surface area (Å²) in [6, 6.07) is 12.2. The number of aliphatic hydroxyl groups is 1. The first-order valence-corrected chi connectivity index (χ1v) is 8.16. The molecule has 0 saturated carbocycles. The summed E-state index contributed by atoms with van der Waals surface area (Å²) in [7, 11) is 0. The van der Waals surface area contributed by atoms with Gasteiger partial charge in [0.1, 0.15) is 12.1 Å². The van der Waals surface area contributed by atoms with Crippen LogP contribution in [0.25, 0.3) is 11.4 Å². The quantitative estimate of drug-likeness (QED) is 0.481. The van der Waals surface area contributed by atoms with E-state index in [0.29, 0.717) is 17.0 Å². The highest BCUT2D eigenvalue weighted by Crippen LogP contribution is 2.19. The van der Waals surface area contributed by atoms with Crippen molar-refractivity contribution in [1.82, 2.24) is 14.8 Å². The molecule has 0 bridgehead atoms. The molecule has 1 heterocycles. The van der Waals surface area contributed by atoms with Crippen molar-refractivity contribution >= 4 is 5.69 Å². The van der Waals surface area contributed by atoms with E-state index in [1.165, 1.54) is 29.2 Å². The van der Waals surface area contributed by atoms with E-state index in [4.69, 9.17) is 4.74 Å². The first-order valence-electron chi connectivity index (χ1n) is 8.16. The van der Waals surface area contributed by atoms with Crippen LogP contribution in [0.5, 0.6) is 0 Å². The van der Waals surface area contributed by atoms with Crippen LogP contribution in [0.4, 0.5) is 10.1 Å². The van der Waals surface area contributed by atoms with Gasteiger partial charge in [-0.25, -0.2) is 14.1 Å². The number of aromatic nitrogens is 3. The van der Waals surface area contributed by atoms with Crippen LogP contribution < -0.4 is 0 Å². The Balaban J connectivity index is 1.52. The fourth-order valence-electron chi connectivity index (χ4n) is 2.44. The molecule has 1 N–H and O–H groups in total. The molecule has 0 aliphatic carbocycles. The van der Waals surface area contributed by atoms with Gasteiger partial charge in [-0.3, -0.25) is 10.1 Å². The molecule has 1 atom stereocenters. The Bertz CT molecular complexity index is 914. The molecule has 0 saturated heterocycles. The van der Waals surface area contributed by atoms with Gasteiger partial charge < -0.3 is 9.84 Å². The minimum absolute atomic E-state index is 0.0133. The molecular formula is C18H17FN4O4. The summed E-state index contributed by atoms with van der Waals surface area (Å²) in [6.07, 6.45) is 0.611. The van der Waals surface area contributed by atoms with E-state index < -0.39 is 11.0 Å². The van der Waals surface area contributed by atoms with Crippen LogP contribution in [-0.2, 0) is 17.9 Å². The molecule has 3 rings (SSSR count). The molecule has 9 heteroatoms. The summed E-state index contributed by atoms with van der Waals surface area (Å²) in [6.45, 7) is 0.230. The lowest BCUT2D eigenvalue weighted by Gasteiger charge is -2.11. The lowest BCUT2D eigenvalue weighted by Crippen LogP contribution is -2.22. The number of aliphatic hydroxyl groups excluding tert-OH is 1. The smallest absolute Gasteiger partial charge is 0.269 e. The Morgan fingerprint density at radius 3 is 2.67 bits per heavy atom. The summed E-state index contributed by atoms with van der Waals surface area (Å²) in [5.74, 6) is 0.0420. The molecule has 0 fully saturated rings. The second-order valence-corrected chi connectivity index (χ2v) is 5.85. The summed E-state index contributed by atoms with van der Waals surface area (Å²) in [5.41, 5.74) is 1.04. The van der Waals surface area contributed by atoms with E-state index in [1.807, 2.05) is 0 Å². The van der Waals surface area contributed by atoms with E-state index in [2.05, 4.69) is 10.1 Å². The molecule has 3 aromatic rings. The second kappa shape index (κ2) is 8.47. The number of non-ortho nitro benzene ring substituents is 1. The number of halogens is 1. The monoisotopic (exact) mass is 372 g/mol. The summed E-state index contributed by atoms with van der Waals surface area (Å²) >= 11 is 0. The van der Waals surface area contributed by atoms with E-state index in [1.54, 1.807) is 30.3 Å². The first-order chi connectivity index (χ1) is 13.0. The van der Waals surface area contributed by atoms with Gasteiger partial charge in [0, 0.05) is 23.3 Å². The molecule has 0 spiro atoms. The third kappa shape index (κ3) is 4.93. The number of nitrogens with zero attached hydrogens (tertiary/aromatic N) is 4. The van der Waals surface area contributed by atoms with Gasteiger partial charge in [0.15, 0.2) is 5.82 Å². The van der Waals surface area contributed by atoms with E-state index in [-0.39, 0.29) is 31.3 Å². The molecule has 1 aromatic heterocycles. The van der Waals surface area contributed by atoms with Crippen molar-refractivity contribution in [2.75, 3.05) is 6.61 Å². The molecule has 2 aromatic carbocycles. The number of benzene rings is 2. The van der Waals surface area contributed by atoms with Crippen molar-refractivity contribution in [2.45, 2.75) is 19.3 Å². The standard InChI is InChI=1S/C18H17FN4O4/c19-17-4-2-1-3-14(17)10-27-11-16(24)9-22-12-20-18(21-22)13-5-7-15(8-6-13)23(25)26/h1-8,12,16,24H,9-11H2. The number of ether oxygens (including phenoxy) is 1. The third-order valence-corrected chi connectivity index (χ3v) is 3.80. The molecule has 27 heavy (non-hydrogen) atoms. The van der Waals surface area contributed by atoms with Gasteiger partial charge in [0.2, 0.25) is 0 Å². The first kappa shape index (κ1) is 18.6. The highest BCUT2D eigenvalue weighted by Gasteiger charge is 2.11. The third-order valence-electron chi connectivity index (χ3n) is 3.80. The van der Waals surface area contributed by atoms with Crippen LogP contribution >= 0.6 is 0 Å². The van der Waals surface area contributed by atoms with Crippen molar-refractivity contribution in [3.8, 4) is 11.4 Å². The maximum absolute atomic E-state index is 13.5. The van der Waals surface area contributed by atoms with Gasteiger partial charge in [-0.2, -0.15) is 5.10 Å². The molecule has 0 amide bonds. The predicted molar refractivity (Wildman–Crippen MR) is 94.2 cm³/mol. The highest BCUT2D eigenvalue weighted by molar-refractivity contribution is 5.56. The summed E-state index contributed by atoms with van der Waals surface area (Å²) in [4.78, 5) is 14.3. The van der Waals surface area contributed by atoms with Gasteiger partial charge in [-0.15, -0.1) is 0 Å². The van der Waals surface area contributed by atoms with Crippen molar-refractivity contribution in [1.29, 1.82) is 0 Å². The van der Waals surface area contributed by atoms with E-state index in [0.717, 1.165) is 0 Å². The predicted octanol–water partition coefficient (Wildman–Crippen LogP) is 2.57. The molecule has 8 nitrogen and oxygen atoms in total. The van der Waals surface area contributed by atoms with Crippen LogP contribution in [0.15, 0.2) is 54.9 Å². The molecule has 0 aliphatic heterocycles. The van der Waals surface area contributed by atoms with Crippen molar-refractivity contribution in [3.63, 3.8) is 0 Å². The van der Waals surface area contributed by atoms with E-state index >= 15 is 0 Å². The van der Waals surface area contributed by atoms with Gasteiger partial charge in [-0.1, -0.05) is 18.2 Å². The molecule has 0 radical (unpaired) electrons. The minimum Gasteiger partial charge on any atom is -0.389 e. The SMILES string of the molecule is O=[N+]([O-])c1ccc(-c2ncn(CC(O)COCc3ccccc3F)n2)cc1. The average Bonchev–Trinajstić information content (AvgIpc) is 3.12. The van der Waals surface area contributed by atoms with Crippen molar-refractivity contribution < 1.29 is 19.2 Å². The zero-order valence-corrected chi connectivity index (χ0v) is 14.2. The van der Waals surface area contributed by atoms with Gasteiger partial charge in [-0.05, 0) is 18.2 Å². The summed E-state index contributed by atoms with van der Waals surface area (Å²) < 4.78 is 20.3. The van der Waals surface area contributed by atoms with Gasteiger partial charge in [0.05, 0.1) is 30.8 Å². The van der Waals surface area contributed by atoms with Crippen LogP contribution in [-0.4, -0.2) is 37.5 Å². The Labute approximate surface area is 154 Å². The largest absolute Gasteiger partial charge is 0.389 e.